The summed E-state index contributed by atoms with van der Waals surface area (Å²) >= 11 is 5.65. The zero-order valence-corrected chi connectivity index (χ0v) is 15.5. The van der Waals surface area contributed by atoms with Crippen LogP contribution in [0.2, 0.25) is 0 Å². The topological polar surface area (TPSA) is 43.0 Å². The summed E-state index contributed by atoms with van der Waals surface area (Å²) < 4.78 is 17.3. The van der Waals surface area contributed by atoms with Crippen molar-refractivity contribution >= 4 is 23.0 Å². The van der Waals surface area contributed by atoms with Gasteiger partial charge in [-0.3, -0.25) is 0 Å². The van der Waals surface area contributed by atoms with Crippen LogP contribution >= 0.6 is 12.2 Å². The normalized spacial score (nSPS) is 22.0. The number of hydrogen-bond donors (Lipinski definition) is 1. The Kier molecular flexibility index (Phi) is 4.95. The highest BCUT2D eigenvalue weighted by Crippen LogP contribution is 2.33. The van der Waals surface area contributed by atoms with Crippen LogP contribution in [0.5, 0.6) is 11.5 Å². The molecule has 0 amide bonds. The molecular formula is C20H22N2O3S. The van der Waals surface area contributed by atoms with Crippen LogP contribution in [-0.2, 0) is 4.74 Å². The van der Waals surface area contributed by atoms with E-state index in [0.29, 0.717) is 18.3 Å². The first-order valence-corrected chi connectivity index (χ1v) is 9.26. The minimum atomic E-state index is 0.0139. The quantitative estimate of drug-likeness (QED) is 0.815. The van der Waals surface area contributed by atoms with Crippen molar-refractivity contribution in [2.75, 3.05) is 31.6 Å². The average Bonchev–Trinajstić information content (AvgIpc) is 2.68. The Morgan fingerprint density at radius 3 is 2.62 bits per heavy atom. The molecule has 2 heterocycles. The van der Waals surface area contributed by atoms with Crippen molar-refractivity contribution in [3.63, 3.8) is 0 Å². The van der Waals surface area contributed by atoms with Crippen LogP contribution in [0.4, 0.5) is 5.69 Å². The molecule has 2 atom stereocenters. The van der Waals surface area contributed by atoms with E-state index in [2.05, 4.69) is 29.3 Å². The lowest BCUT2D eigenvalue weighted by molar-refractivity contribution is -0.0589. The van der Waals surface area contributed by atoms with E-state index in [4.69, 9.17) is 26.4 Å². The largest absolute Gasteiger partial charge is 0.486 e. The van der Waals surface area contributed by atoms with Crippen LogP contribution in [0.15, 0.2) is 48.5 Å². The van der Waals surface area contributed by atoms with Gasteiger partial charge in [-0.1, -0.05) is 30.3 Å². The van der Waals surface area contributed by atoms with Crippen LogP contribution in [0.1, 0.15) is 18.6 Å². The van der Waals surface area contributed by atoms with Crippen molar-refractivity contribution in [2.24, 2.45) is 0 Å². The molecule has 0 aromatic heterocycles. The van der Waals surface area contributed by atoms with E-state index in [1.165, 1.54) is 5.56 Å². The maximum Gasteiger partial charge on any atom is 0.173 e. The number of anilines is 1. The molecular weight excluding hydrogens is 348 g/mol. The van der Waals surface area contributed by atoms with Gasteiger partial charge in [-0.05, 0) is 36.8 Å². The molecule has 2 aromatic carbocycles. The molecule has 0 aliphatic carbocycles. The van der Waals surface area contributed by atoms with Gasteiger partial charge in [0.2, 0.25) is 0 Å². The van der Waals surface area contributed by atoms with E-state index in [9.17, 15) is 0 Å². The number of rotatable bonds is 2. The number of nitrogens with zero attached hydrogens (tertiary/aromatic N) is 1. The third-order valence-electron chi connectivity index (χ3n) is 4.51. The van der Waals surface area contributed by atoms with Crippen molar-refractivity contribution in [2.45, 2.75) is 19.1 Å². The molecule has 1 fully saturated rings. The van der Waals surface area contributed by atoms with Gasteiger partial charge in [-0.15, -0.1) is 0 Å². The Morgan fingerprint density at radius 1 is 1.04 bits per heavy atom. The van der Waals surface area contributed by atoms with Crippen LogP contribution in [0.3, 0.4) is 0 Å². The Labute approximate surface area is 158 Å². The molecule has 0 unspecified atom stereocenters. The van der Waals surface area contributed by atoms with Gasteiger partial charge in [-0.2, -0.15) is 0 Å². The first kappa shape index (κ1) is 17.1. The molecule has 5 nitrogen and oxygen atoms in total. The molecule has 2 aromatic rings. The van der Waals surface area contributed by atoms with Crippen LogP contribution in [-0.4, -0.2) is 42.4 Å². The zero-order chi connectivity index (χ0) is 17.9. The van der Waals surface area contributed by atoms with Gasteiger partial charge >= 0.3 is 0 Å². The summed E-state index contributed by atoms with van der Waals surface area (Å²) in [5.74, 6) is 1.53. The maximum absolute atomic E-state index is 6.11. The van der Waals surface area contributed by atoms with Gasteiger partial charge in [0.05, 0.1) is 12.6 Å². The SMILES string of the molecule is C[C@@H]1CN(C(=S)Nc2ccc3c(c2)OCCO3)C[C@@H](c2ccccc2)O1. The molecule has 0 saturated carbocycles. The van der Waals surface area contributed by atoms with Gasteiger partial charge in [0.25, 0.3) is 0 Å². The number of ether oxygens (including phenoxy) is 3. The lowest BCUT2D eigenvalue weighted by Gasteiger charge is -2.38. The minimum absolute atomic E-state index is 0.0139. The monoisotopic (exact) mass is 370 g/mol. The highest BCUT2D eigenvalue weighted by molar-refractivity contribution is 7.80. The van der Waals surface area contributed by atoms with E-state index in [0.717, 1.165) is 30.3 Å². The Bertz CT molecular complexity index is 784. The summed E-state index contributed by atoms with van der Waals surface area (Å²) in [6.07, 6.45) is 0.119. The summed E-state index contributed by atoms with van der Waals surface area (Å²) in [6.45, 7) is 4.73. The highest BCUT2D eigenvalue weighted by Gasteiger charge is 2.28. The summed E-state index contributed by atoms with van der Waals surface area (Å²) in [5, 5.41) is 4.01. The molecule has 0 bridgehead atoms. The fourth-order valence-electron chi connectivity index (χ4n) is 3.29. The summed E-state index contributed by atoms with van der Waals surface area (Å²) in [6, 6.07) is 16.1. The van der Waals surface area contributed by atoms with E-state index < -0.39 is 0 Å². The van der Waals surface area contributed by atoms with E-state index in [-0.39, 0.29) is 12.2 Å². The van der Waals surface area contributed by atoms with Crippen molar-refractivity contribution in [1.29, 1.82) is 0 Å². The molecule has 4 rings (SSSR count). The number of benzene rings is 2. The van der Waals surface area contributed by atoms with Crippen LogP contribution < -0.4 is 14.8 Å². The summed E-state index contributed by atoms with van der Waals surface area (Å²) in [5.41, 5.74) is 2.07. The molecule has 136 valence electrons. The van der Waals surface area contributed by atoms with Gasteiger partial charge in [0.1, 0.15) is 19.3 Å². The van der Waals surface area contributed by atoms with E-state index in [1.807, 2.05) is 36.4 Å². The lowest BCUT2D eigenvalue weighted by atomic mass is 10.1. The van der Waals surface area contributed by atoms with E-state index in [1.54, 1.807) is 0 Å². The molecule has 2 aliphatic heterocycles. The zero-order valence-electron chi connectivity index (χ0n) is 14.7. The van der Waals surface area contributed by atoms with Gasteiger partial charge in [0.15, 0.2) is 16.6 Å². The first-order chi connectivity index (χ1) is 12.7. The van der Waals surface area contributed by atoms with Crippen LogP contribution in [0, 0.1) is 0 Å². The van der Waals surface area contributed by atoms with Crippen LogP contribution in [0.25, 0.3) is 0 Å². The third kappa shape index (κ3) is 3.76. The van der Waals surface area contributed by atoms with Gasteiger partial charge in [-0.25, -0.2) is 0 Å². The number of morpholine rings is 1. The number of fused-ring (bicyclic) bond motifs is 1. The second kappa shape index (κ2) is 7.51. The van der Waals surface area contributed by atoms with Gasteiger partial charge < -0.3 is 24.4 Å². The molecule has 1 saturated heterocycles. The molecule has 2 aliphatic rings. The first-order valence-electron chi connectivity index (χ1n) is 8.85. The molecule has 0 spiro atoms. The fraction of sp³-hybridized carbons (Fsp3) is 0.350. The Balaban J connectivity index is 1.45. The molecule has 26 heavy (non-hydrogen) atoms. The maximum atomic E-state index is 6.11. The summed E-state index contributed by atoms with van der Waals surface area (Å²) in [7, 11) is 0. The molecule has 0 radical (unpaired) electrons. The molecule has 1 N–H and O–H groups in total. The number of hydrogen-bond acceptors (Lipinski definition) is 4. The number of thiocarbonyl (C=S) groups is 1. The van der Waals surface area contributed by atoms with Crippen molar-refractivity contribution in [3.8, 4) is 11.5 Å². The summed E-state index contributed by atoms with van der Waals surface area (Å²) in [4.78, 5) is 2.16. The predicted octanol–water partition coefficient (Wildman–Crippen LogP) is 3.62. The highest BCUT2D eigenvalue weighted by atomic mass is 32.1. The van der Waals surface area contributed by atoms with Gasteiger partial charge in [0, 0.05) is 18.3 Å². The predicted molar refractivity (Wildman–Crippen MR) is 105 cm³/mol. The standard InChI is InChI=1S/C20H22N2O3S/c1-14-12-22(13-19(25-14)15-5-3-2-4-6-15)20(26)21-16-7-8-17-18(11-16)24-10-9-23-17/h2-8,11,14,19H,9-10,12-13H2,1H3,(H,21,26)/t14-,19+/m1/s1. The van der Waals surface area contributed by atoms with Crippen molar-refractivity contribution < 1.29 is 14.2 Å². The Morgan fingerprint density at radius 2 is 1.81 bits per heavy atom. The minimum Gasteiger partial charge on any atom is -0.486 e. The molecule has 6 heteroatoms. The second-order valence-electron chi connectivity index (χ2n) is 6.54. The smallest absolute Gasteiger partial charge is 0.173 e. The lowest BCUT2D eigenvalue weighted by Crippen LogP contribution is -2.47. The second-order valence-corrected chi connectivity index (χ2v) is 6.93. The van der Waals surface area contributed by atoms with Crippen molar-refractivity contribution in [1.82, 2.24) is 4.90 Å². The number of nitrogens with one attached hydrogen (secondary N) is 1. The fourth-order valence-corrected chi connectivity index (χ4v) is 3.56. The van der Waals surface area contributed by atoms with Crippen molar-refractivity contribution in [3.05, 3.63) is 54.1 Å². The Hall–Kier alpha value is -2.31. The average molecular weight is 370 g/mol. The third-order valence-corrected chi connectivity index (χ3v) is 4.87. The van der Waals surface area contributed by atoms with E-state index >= 15 is 0 Å².